The van der Waals surface area contributed by atoms with Crippen LogP contribution in [0.1, 0.15) is 45.6 Å². The zero-order chi connectivity index (χ0) is 17.7. The number of thioether (sulfide) groups is 1. The van der Waals surface area contributed by atoms with Crippen LogP contribution in [0.3, 0.4) is 0 Å². The summed E-state index contributed by atoms with van der Waals surface area (Å²) in [4.78, 5) is 17.8. The first-order chi connectivity index (χ1) is 11.4. The lowest BCUT2D eigenvalue weighted by atomic mass is 10.0. The predicted molar refractivity (Wildman–Crippen MR) is 102 cm³/mol. The summed E-state index contributed by atoms with van der Waals surface area (Å²) in [5.74, 6) is 1.74. The minimum absolute atomic E-state index is 0.121. The summed E-state index contributed by atoms with van der Waals surface area (Å²) < 4.78 is 0. The first-order valence-corrected chi connectivity index (χ1v) is 9.64. The number of nitro benzene ring substituents is 1. The molecule has 1 aromatic carbocycles. The SMILES string of the molecule is CCCCN1C(=Nc2ccc([N+](=O)[O-])cc2C)SCC1CC(C)C. The van der Waals surface area contributed by atoms with Crippen LogP contribution < -0.4 is 0 Å². The van der Waals surface area contributed by atoms with Crippen molar-refractivity contribution in [2.75, 3.05) is 12.3 Å². The van der Waals surface area contributed by atoms with Crippen LogP contribution in [-0.4, -0.2) is 33.3 Å². The largest absolute Gasteiger partial charge is 0.347 e. The van der Waals surface area contributed by atoms with Gasteiger partial charge in [0.2, 0.25) is 0 Å². The van der Waals surface area contributed by atoms with E-state index in [1.807, 2.05) is 18.7 Å². The van der Waals surface area contributed by atoms with Gasteiger partial charge in [0.15, 0.2) is 5.17 Å². The Balaban J connectivity index is 2.24. The van der Waals surface area contributed by atoms with Crippen LogP contribution in [0.4, 0.5) is 11.4 Å². The molecule has 6 heteroatoms. The van der Waals surface area contributed by atoms with E-state index in [4.69, 9.17) is 4.99 Å². The lowest BCUT2D eigenvalue weighted by Crippen LogP contribution is -2.35. The number of benzene rings is 1. The van der Waals surface area contributed by atoms with Gasteiger partial charge in [0.05, 0.1) is 10.6 Å². The van der Waals surface area contributed by atoms with Gasteiger partial charge in [0.1, 0.15) is 0 Å². The molecule has 5 nitrogen and oxygen atoms in total. The Kier molecular flexibility index (Phi) is 6.66. The maximum absolute atomic E-state index is 10.9. The molecule has 1 aromatic rings. The highest BCUT2D eigenvalue weighted by atomic mass is 32.2. The molecule has 1 aliphatic heterocycles. The lowest BCUT2D eigenvalue weighted by molar-refractivity contribution is -0.384. The molecule has 0 aliphatic carbocycles. The molecule has 0 spiro atoms. The number of amidine groups is 1. The molecular formula is C18H27N3O2S. The number of hydrogen-bond donors (Lipinski definition) is 0. The quantitative estimate of drug-likeness (QED) is 0.504. The monoisotopic (exact) mass is 349 g/mol. The fourth-order valence-electron chi connectivity index (χ4n) is 2.92. The fraction of sp³-hybridized carbons (Fsp3) is 0.611. The van der Waals surface area contributed by atoms with E-state index in [0.717, 1.165) is 35.1 Å². The third-order valence-corrected chi connectivity index (χ3v) is 5.33. The summed E-state index contributed by atoms with van der Waals surface area (Å²) in [6, 6.07) is 5.43. The van der Waals surface area contributed by atoms with Gasteiger partial charge in [0, 0.05) is 30.5 Å². The summed E-state index contributed by atoms with van der Waals surface area (Å²) in [6.45, 7) is 9.65. The van der Waals surface area contributed by atoms with E-state index < -0.39 is 0 Å². The maximum Gasteiger partial charge on any atom is 0.269 e. The first-order valence-electron chi connectivity index (χ1n) is 8.65. The van der Waals surface area contributed by atoms with E-state index in [2.05, 4.69) is 25.7 Å². The number of hydrogen-bond acceptors (Lipinski definition) is 4. The summed E-state index contributed by atoms with van der Waals surface area (Å²) in [6.07, 6.45) is 3.50. The average Bonchev–Trinajstić information content (AvgIpc) is 2.88. The number of aryl methyl sites for hydroxylation is 1. The lowest BCUT2D eigenvalue weighted by Gasteiger charge is -2.27. The second kappa shape index (κ2) is 8.51. The summed E-state index contributed by atoms with van der Waals surface area (Å²) >= 11 is 1.81. The van der Waals surface area contributed by atoms with Gasteiger partial charge in [-0.3, -0.25) is 10.1 Å². The molecule has 0 bridgehead atoms. The standard InChI is InChI=1S/C18H27N3O2S/c1-5-6-9-20-16(10-13(2)3)12-24-18(20)19-17-8-7-15(21(22)23)11-14(17)4/h7-8,11,13,16H,5-6,9-10,12H2,1-4H3. The summed E-state index contributed by atoms with van der Waals surface area (Å²) in [7, 11) is 0. The number of unbranched alkanes of at least 4 members (excludes halogenated alkanes) is 1. The Labute approximate surface area is 148 Å². The van der Waals surface area contributed by atoms with Gasteiger partial charge in [-0.2, -0.15) is 0 Å². The van der Waals surface area contributed by atoms with Crippen LogP contribution in [0, 0.1) is 23.0 Å². The number of nitrogens with zero attached hydrogens (tertiary/aromatic N) is 3. The second-order valence-electron chi connectivity index (χ2n) is 6.76. The van der Waals surface area contributed by atoms with Crippen LogP contribution in [0.5, 0.6) is 0 Å². The van der Waals surface area contributed by atoms with Crippen LogP contribution in [0.2, 0.25) is 0 Å². The average molecular weight is 350 g/mol. The molecular weight excluding hydrogens is 322 g/mol. The van der Waals surface area contributed by atoms with Gasteiger partial charge >= 0.3 is 0 Å². The molecule has 24 heavy (non-hydrogen) atoms. The normalized spacial score (nSPS) is 19.5. The molecule has 0 radical (unpaired) electrons. The third kappa shape index (κ3) is 4.72. The minimum Gasteiger partial charge on any atom is -0.347 e. The highest BCUT2D eigenvalue weighted by Crippen LogP contribution is 2.32. The van der Waals surface area contributed by atoms with Crippen LogP contribution in [-0.2, 0) is 0 Å². The maximum atomic E-state index is 10.9. The molecule has 0 N–H and O–H groups in total. The number of nitro groups is 1. The molecule has 1 aliphatic rings. The Morgan fingerprint density at radius 3 is 2.79 bits per heavy atom. The van der Waals surface area contributed by atoms with Crippen molar-refractivity contribution in [1.82, 2.24) is 4.90 Å². The summed E-state index contributed by atoms with van der Waals surface area (Å²) in [5.41, 5.74) is 1.80. The molecule has 132 valence electrons. The van der Waals surface area contributed by atoms with Crippen molar-refractivity contribution in [2.45, 2.75) is 53.0 Å². The number of rotatable bonds is 7. The molecule has 1 fully saturated rings. The molecule has 1 atom stereocenters. The van der Waals surface area contributed by atoms with Crippen molar-refractivity contribution in [3.63, 3.8) is 0 Å². The number of non-ortho nitro benzene ring substituents is 1. The molecule has 1 heterocycles. The van der Waals surface area contributed by atoms with Gasteiger partial charge in [0.25, 0.3) is 5.69 Å². The fourth-order valence-corrected chi connectivity index (χ4v) is 4.15. The second-order valence-corrected chi connectivity index (χ2v) is 7.75. The van der Waals surface area contributed by atoms with E-state index in [0.29, 0.717) is 12.0 Å². The van der Waals surface area contributed by atoms with E-state index >= 15 is 0 Å². The van der Waals surface area contributed by atoms with Crippen molar-refractivity contribution in [2.24, 2.45) is 10.9 Å². The Hall–Kier alpha value is -1.56. The van der Waals surface area contributed by atoms with E-state index in [-0.39, 0.29) is 10.6 Å². The third-order valence-electron chi connectivity index (χ3n) is 4.19. The highest BCUT2D eigenvalue weighted by Gasteiger charge is 2.30. The molecule has 0 amide bonds. The molecule has 0 aromatic heterocycles. The van der Waals surface area contributed by atoms with Crippen LogP contribution >= 0.6 is 11.8 Å². The molecule has 2 rings (SSSR count). The topological polar surface area (TPSA) is 58.7 Å². The van der Waals surface area contributed by atoms with E-state index in [1.165, 1.54) is 18.9 Å². The Morgan fingerprint density at radius 2 is 2.21 bits per heavy atom. The van der Waals surface area contributed by atoms with Crippen molar-refractivity contribution >= 4 is 28.3 Å². The van der Waals surface area contributed by atoms with Gasteiger partial charge in [-0.25, -0.2) is 4.99 Å². The van der Waals surface area contributed by atoms with Gasteiger partial charge < -0.3 is 4.90 Å². The Bertz CT molecular complexity index is 616. The number of aliphatic imine (C=N–C) groups is 1. The highest BCUT2D eigenvalue weighted by molar-refractivity contribution is 8.14. The predicted octanol–water partition coefficient (Wildman–Crippen LogP) is 5.15. The van der Waals surface area contributed by atoms with Gasteiger partial charge in [-0.05, 0) is 37.3 Å². The van der Waals surface area contributed by atoms with Crippen molar-refractivity contribution in [1.29, 1.82) is 0 Å². The van der Waals surface area contributed by atoms with E-state index in [1.54, 1.807) is 12.1 Å². The summed E-state index contributed by atoms with van der Waals surface area (Å²) in [5, 5.41) is 11.9. The van der Waals surface area contributed by atoms with Crippen molar-refractivity contribution in [3.05, 3.63) is 33.9 Å². The first kappa shape index (κ1) is 18.8. The van der Waals surface area contributed by atoms with Crippen LogP contribution in [0.25, 0.3) is 0 Å². The molecule has 1 saturated heterocycles. The van der Waals surface area contributed by atoms with Crippen LogP contribution in [0.15, 0.2) is 23.2 Å². The van der Waals surface area contributed by atoms with Crippen molar-refractivity contribution in [3.8, 4) is 0 Å². The van der Waals surface area contributed by atoms with Gasteiger partial charge in [-0.1, -0.05) is 39.0 Å². The zero-order valence-electron chi connectivity index (χ0n) is 15.0. The zero-order valence-corrected chi connectivity index (χ0v) is 15.8. The van der Waals surface area contributed by atoms with Gasteiger partial charge in [-0.15, -0.1) is 0 Å². The molecule has 0 saturated carbocycles. The van der Waals surface area contributed by atoms with Crippen molar-refractivity contribution < 1.29 is 4.92 Å². The smallest absolute Gasteiger partial charge is 0.269 e. The Morgan fingerprint density at radius 1 is 1.46 bits per heavy atom. The van der Waals surface area contributed by atoms with E-state index in [9.17, 15) is 10.1 Å². The minimum atomic E-state index is -0.361. The molecule has 1 unspecified atom stereocenters.